The second kappa shape index (κ2) is 7.47. The Morgan fingerprint density at radius 1 is 1.00 bits per heavy atom. The van der Waals surface area contributed by atoms with Gasteiger partial charge in [0.1, 0.15) is 0 Å². The van der Waals surface area contributed by atoms with Gasteiger partial charge in [-0.05, 0) is 38.1 Å². The van der Waals surface area contributed by atoms with Crippen LogP contribution in [0.5, 0.6) is 0 Å². The molecule has 2 aromatic rings. The molecule has 8 heteroatoms. The summed E-state index contributed by atoms with van der Waals surface area (Å²) in [5, 5.41) is 0. The Hall–Kier alpha value is -3.13. The number of nitrogens with zero attached hydrogens (tertiary/aromatic N) is 1. The van der Waals surface area contributed by atoms with Crippen molar-refractivity contribution in [3.63, 3.8) is 0 Å². The average molecular weight is 401 g/mol. The molecule has 28 heavy (non-hydrogen) atoms. The van der Waals surface area contributed by atoms with E-state index in [-0.39, 0.29) is 34.0 Å². The molecule has 0 aliphatic carbocycles. The fourth-order valence-electron chi connectivity index (χ4n) is 2.92. The van der Waals surface area contributed by atoms with Crippen LogP contribution in [0.1, 0.15) is 28.4 Å². The van der Waals surface area contributed by atoms with Crippen LogP contribution in [0.2, 0.25) is 0 Å². The molecule has 1 aliphatic heterocycles. The summed E-state index contributed by atoms with van der Waals surface area (Å²) in [5.74, 6) is -1.77. The highest BCUT2D eigenvalue weighted by molar-refractivity contribution is 7.89. The molecule has 0 unspecified atom stereocenters. The Labute approximate surface area is 163 Å². The zero-order chi connectivity index (χ0) is 20.5. The van der Waals surface area contributed by atoms with Crippen molar-refractivity contribution in [2.24, 2.45) is 0 Å². The van der Waals surface area contributed by atoms with Crippen molar-refractivity contribution in [1.82, 2.24) is 4.31 Å². The maximum atomic E-state index is 12.9. The van der Waals surface area contributed by atoms with Gasteiger partial charge in [-0.1, -0.05) is 29.8 Å². The van der Waals surface area contributed by atoms with Gasteiger partial charge in [0.25, 0.3) is 10.0 Å². The van der Waals surface area contributed by atoms with E-state index in [4.69, 9.17) is 9.47 Å². The molecule has 0 spiro atoms. The maximum absolute atomic E-state index is 12.9. The molecule has 0 saturated carbocycles. The molecule has 0 saturated heterocycles. The fourth-order valence-corrected chi connectivity index (χ4v) is 4.59. The lowest BCUT2D eigenvalue weighted by molar-refractivity contribution is -0.137. The van der Waals surface area contributed by atoms with Crippen molar-refractivity contribution in [3.8, 4) is 0 Å². The molecule has 0 bridgehead atoms. The summed E-state index contributed by atoms with van der Waals surface area (Å²) in [5.41, 5.74) is 1.05. The van der Waals surface area contributed by atoms with Crippen molar-refractivity contribution in [2.75, 3.05) is 13.7 Å². The van der Waals surface area contributed by atoms with Crippen LogP contribution < -0.4 is 0 Å². The lowest BCUT2D eigenvalue weighted by Gasteiger charge is -2.31. The number of methoxy groups -OCH3 is 1. The monoisotopic (exact) mass is 401 g/mol. The van der Waals surface area contributed by atoms with Gasteiger partial charge in [-0.25, -0.2) is 18.0 Å². The van der Waals surface area contributed by atoms with Gasteiger partial charge >= 0.3 is 11.9 Å². The Morgan fingerprint density at radius 3 is 2.25 bits per heavy atom. The van der Waals surface area contributed by atoms with Crippen molar-refractivity contribution in [3.05, 3.63) is 70.9 Å². The van der Waals surface area contributed by atoms with E-state index in [2.05, 4.69) is 0 Å². The van der Waals surface area contributed by atoms with Crippen molar-refractivity contribution < 1.29 is 27.5 Å². The van der Waals surface area contributed by atoms with Crippen molar-refractivity contribution in [2.45, 2.75) is 18.7 Å². The molecule has 1 aliphatic rings. The molecule has 0 fully saturated rings. The van der Waals surface area contributed by atoms with Crippen LogP contribution in [-0.4, -0.2) is 38.3 Å². The smallest absolute Gasteiger partial charge is 0.359 e. The summed E-state index contributed by atoms with van der Waals surface area (Å²) in [4.78, 5) is 25.1. The molecular formula is C20H19NO6S. The molecule has 0 aromatic heterocycles. The topological polar surface area (TPSA) is 90.0 Å². The molecule has 3 rings (SSSR count). The van der Waals surface area contributed by atoms with Crippen LogP contribution in [-0.2, 0) is 24.3 Å². The fraction of sp³-hybridized carbons (Fsp3) is 0.200. The minimum Gasteiger partial charge on any atom is -0.464 e. The summed E-state index contributed by atoms with van der Waals surface area (Å²) in [6, 6.07) is 12.8. The number of hydrogen-bond acceptors (Lipinski definition) is 6. The van der Waals surface area contributed by atoms with Crippen LogP contribution in [0.15, 0.2) is 59.1 Å². The zero-order valence-corrected chi connectivity index (χ0v) is 16.4. The third kappa shape index (κ3) is 3.27. The molecule has 1 heterocycles. The number of esters is 2. The van der Waals surface area contributed by atoms with Crippen molar-refractivity contribution in [1.29, 1.82) is 0 Å². The summed E-state index contributed by atoms with van der Waals surface area (Å²) in [6.45, 7) is 3.43. The van der Waals surface area contributed by atoms with Crippen LogP contribution in [0.4, 0.5) is 0 Å². The second-order valence-corrected chi connectivity index (χ2v) is 7.92. The first-order chi connectivity index (χ1) is 13.3. The normalized spacial score (nSPS) is 15.0. The number of carbonyl (C=O) groups is 2. The van der Waals surface area contributed by atoms with Gasteiger partial charge in [-0.15, -0.1) is 0 Å². The minimum absolute atomic E-state index is 0.0350. The number of likely N-dealkylation sites (N-methyl/N-ethyl adjacent to an activating group) is 1. The first-order valence-corrected chi connectivity index (χ1v) is 9.98. The predicted octanol–water partition coefficient (Wildman–Crippen LogP) is 2.72. The van der Waals surface area contributed by atoms with E-state index in [0.717, 1.165) is 17.0 Å². The van der Waals surface area contributed by atoms with Crippen LogP contribution in [0.3, 0.4) is 0 Å². The van der Waals surface area contributed by atoms with Gasteiger partial charge in [0.15, 0.2) is 11.5 Å². The SMILES string of the molecule is CCN1C(C(=O)OC)=C(OC(=O)c2ccc(C)cc2)c2ccccc2S1(=O)=O. The summed E-state index contributed by atoms with van der Waals surface area (Å²) < 4.78 is 37.1. The minimum atomic E-state index is -3.99. The van der Waals surface area contributed by atoms with E-state index in [1.807, 2.05) is 6.92 Å². The molecule has 0 amide bonds. The lowest BCUT2D eigenvalue weighted by atomic mass is 10.1. The van der Waals surface area contributed by atoms with Crippen LogP contribution >= 0.6 is 0 Å². The number of sulfonamides is 1. The van der Waals surface area contributed by atoms with E-state index < -0.39 is 22.0 Å². The molecule has 146 valence electrons. The second-order valence-electron chi connectivity index (χ2n) is 6.09. The number of rotatable bonds is 4. The highest BCUT2D eigenvalue weighted by atomic mass is 32.2. The average Bonchev–Trinajstić information content (AvgIpc) is 2.69. The van der Waals surface area contributed by atoms with Crippen LogP contribution in [0.25, 0.3) is 5.76 Å². The zero-order valence-electron chi connectivity index (χ0n) is 15.6. The van der Waals surface area contributed by atoms with Gasteiger partial charge in [0.05, 0.1) is 17.6 Å². The maximum Gasteiger partial charge on any atom is 0.359 e. The standard InChI is InChI=1S/C20H19NO6S/c1-4-21-17(20(23)26-3)18(15-7-5-6-8-16(15)28(21,24)25)27-19(22)14-11-9-13(2)10-12-14/h5-12H,4H2,1-3H3. The number of benzene rings is 2. The third-order valence-electron chi connectivity index (χ3n) is 4.31. The molecule has 2 aromatic carbocycles. The quantitative estimate of drug-likeness (QED) is 0.732. The van der Waals surface area contributed by atoms with Gasteiger partial charge in [0, 0.05) is 12.1 Å². The van der Waals surface area contributed by atoms with E-state index in [9.17, 15) is 18.0 Å². The molecule has 0 N–H and O–H groups in total. The largest absolute Gasteiger partial charge is 0.464 e. The molecule has 0 radical (unpaired) electrons. The van der Waals surface area contributed by atoms with E-state index in [1.54, 1.807) is 43.3 Å². The number of hydrogen-bond donors (Lipinski definition) is 0. The Morgan fingerprint density at radius 2 is 1.64 bits per heavy atom. The Bertz CT molecular complexity index is 1070. The number of carbonyl (C=O) groups excluding carboxylic acids is 2. The number of aryl methyl sites for hydroxylation is 1. The number of ether oxygens (including phenoxy) is 2. The first kappa shape index (κ1) is 19.6. The van der Waals surface area contributed by atoms with E-state index in [0.29, 0.717) is 0 Å². The Kier molecular flexibility index (Phi) is 5.24. The van der Waals surface area contributed by atoms with Crippen LogP contribution in [0, 0.1) is 6.92 Å². The third-order valence-corrected chi connectivity index (χ3v) is 6.25. The van der Waals surface area contributed by atoms with Gasteiger partial charge in [-0.3, -0.25) is 4.31 Å². The lowest BCUT2D eigenvalue weighted by Crippen LogP contribution is -2.39. The van der Waals surface area contributed by atoms with Gasteiger partial charge < -0.3 is 9.47 Å². The van der Waals surface area contributed by atoms with Gasteiger partial charge in [-0.2, -0.15) is 0 Å². The summed E-state index contributed by atoms with van der Waals surface area (Å²) in [7, 11) is -2.86. The predicted molar refractivity (Wildman–Crippen MR) is 102 cm³/mol. The number of fused-ring (bicyclic) bond motifs is 1. The summed E-state index contributed by atoms with van der Waals surface area (Å²) >= 11 is 0. The molecule has 7 nitrogen and oxygen atoms in total. The Balaban J connectivity index is 2.20. The van der Waals surface area contributed by atoms with Crippen molar-refractivity contribution >= 4 is 27.7 Å². The molecular weight excluding hydrogens is 382 g/mol. The summed E-state index contributed by atoms with van der Waals surface area (Å²) in [6.07, 6.45) is 0. The highest BCUT2D eigenvalue weighted by Gasteiger charge is 2.41. The molecule has 0 atom stereocenters. The van der Waals surface area contributed by atoms with E-state index >= 15 is 0 Å². The van der Waals surface area contributed by atoms with Gasteiger partial charge in [0.2, 0.25) is 0 Å². The van der Waals surface area contributed by atoms with E-state index in [1.165, 1.54) is 12.1 Å². The highest BCUT2D eigenvalue weighted by Crippen LogP contribution is 2.38. The first-order valence-electron chi connectivity index (χ1n) is 8.54.